The Morgan fingerprint density at radius 2 is 2.25 bits per heavy atom. The molecule has 0 aliphatic carbocycles. The van der Waals surface area contributed by atoms with Gasteiger partial charge in [0, 0.05) is 18.1 Å². The SMILES string of the molecule is Nc1ccc(Cl)cc1N1CCCNC(=O)C1. The summed E-state index contributed by atoms with van der Waals surface area (Å²) in [5.41, 5.74) is 7.37. The number of amides is 1. The van der Waals surface area contributed by atoms with E-state index in [-0.39, 0.29) is 5.91 Å². The maximum atomic E-state index is 11.4. The molecule has 0 spiro atoms. The summed E-state index contributed by atoms with van der Waals surface area (Å²) in [5.74, 6) is 0.0249. The summed E-state index contributed by atoms with van der Waals surface area (Å²) in [4.78, 5) is 13.4. The van der Waals surface area contributed by atoms with Gasteiger partial charge in [-0.25, -0.2) is 0 Å². The summed E-state index contributed by atoms with van der Waals surface area (Å²) in [6.07, 6.45) is 0.914. The summed E-state index contributed by atoms with van der Waals surface area (Å²) in [6.45, 7) is 1.86. The Labute approximate surface area is 99.4 Å². The van der Waals surface area contributed by atoms with Crippen LogP contribution in [0.4, 0.5) is 11.4 Å². The highest BCUT2D eigenvalue weighted by Crippen LogP contribution is 2.27. The quantitative estimate of drug-likeness (QED) is 0.726. The number of nitrogens with zero attached hydrogens (tertiary/aromatic N) is 1. The summed E-state index contributed by atoms with van der Waals surface area (Å²) < 4.78 is 0. The third-order valence-electron chi connectivity index (χ3n) is 2.59. The molecule has 1 aromatic carbocycles. The zero-order valence-electron chi connectivity index (χ0n) is 8.87. The van der Waals surface area contributed by atoms with Crippen molar-refractivity contribution >= 4 is 28.9 Å². The van der Waals surface area contributed by atoms with Gasteiger partial charge in [0.05, 0.1) is 17.9 Å². The highest BCUT2D eigenvalue weighted by Gasteiger charge is 2.16. The van der Waals surface area contributed by atoms with Crippen LogP contribution in [0.25, 0.3) is 0 Å². The van der Waals surface area contributed by atoms with E-state index in [1.54, 1.807) is 18.2 Å². The predicted molar refractivity (Wildman–Crippen MR) is 65.7 cm³/mol. The molecule has 1 heterocycles. The molecule has 1 aliphatic rings. The van der Waals surface area contributed by atoms with Crippen LogP contribution < -0.4 is 16.0 Å². The van der Waals surface area contributed by atoms with Crippen LogP contribution in [-0.4, -0.2) is 25.5 Å². The van der Waals surface area contributed by atoms with E-state index in [1.165, 1.54) is 0 Å². The van der Waals surface area contributed by atoms with Crippen LogP contribution in [0.15, 0.2) is 18.2 Å². The fourth-order valence-corrected chi connectivity index (χ4v) is 1.97. The van der Waals surface area contributed by atoms with E-state index in [0.29, 0.717) is 17.3 Å². The van der Waals surface area contributed by atoms with Gasteiger partial charge in [-0.1, -0.05) is 11.6 Å². The van der Waals surface area contributed by atoms with Gasteiger partial charge >= 0.3 is 0 Å². The zero-order chi connectivity index (χ0) is 11.5. The van der Waals surface area contributed by atoms with Crippen molar-refractivity contribution in [1.82, 2.24) is 5.32 Å². The Morgan fingerprint density at radius 3 is 3.06 bits per heavy atom. The highest BCUT2D eigenvalue weighted by molar-refractivity contribution is 6.31. The molecule has 0 bridgehead atoms. The van der Waals surface area contributed by atoms with Crippen molar-refractivity contribution in [3.8, 4) is 0 Å². The number of anilines is 2. The minimum Gasteiger partial charge on any atom is -0.397 e. The van der Waals surface area contributed by atoms with Crippen molar-refractivity contribution < 1.29 is 4.79 Å². The minimum absolute atomic E-state index is 0.0249. The molecule has 2 rings (SSSR count). The standard InChI is InChI=1S/C11H14ClN3O/c12-8-2-3-9(13)10(6-8)15-5-1-4-14-11(16)7-15/h2-3,6H,1,4-5,7,13H2,(H,14,16). The van der Waals surface area contributed by atoms with Gasteiger partial charge in [0.25, 0.3) is 0 Å². The zero-order valence-corrected chi connectivity index (χ0v) is 9.63. The normalized spacial score (nSPS) is 16.8. The van der Waals surface area contributed by atoms with Crippen LogP contribution in [0, 0.1) is 0 Å². The highest BCUT2D eigenvalue weighted by atomic mass is 35.5. The Morgan fingerprint density at radius 1 is 1.44 bits per heavy atom. The van der Waals surface area contributed by atoms with Crippen molar-refractivity contribution in [2.45, 2.75) is 6.42 Å². The van der Waals surface area contributed by atoms with Gasteiger partial charge in [0.2, 0.25) is 5.91 Å². The van der Waals surface area contributed by atoms with E-state index in [4.69, 9.17) is 17.3 Å². The molecule has 1 saturated heterocycles. The summed E-state index contributed by atoms with van der Waals surface area (Å²) in [7, 11) is 0. The lowest BCUT2D eigenvalue weighted by atomic mass is 10.2. The second-order valence-electron chi connectivity index (χ2n) is 3.83. The number of hydrogen-bond acceptors (Lipinski definition) is 3. The van der Waals surface area contributed by atoms with E-state index < -0.39 is 0 Å². The first-order valence-electron chi connectivity index (χ1n) is 5.23. The largest absolute Gasteiger partial charge is 0.397 e. The summed E-state index contributed by atoms with van der Waals surface area (Å²) >= 11 is 5.93. The molecule has 3 N–H and O–H groups in total. The number of benzene rings is 1. The van der Waals surface area contributed by atoms with E-state index >= 15 is 0 Å². The average Bonchev–Trinajstić information content (AvgIpc) is 2.46. The first-order valence-corrected chi connectivity index (χ1v) is 5.61. The molecule has 0 unspecified atom stereocenters. The van der Waals surface area contributed by atoms with Gasteiger partial charge in [-0.15, -0.1) is 0 Å². The average molecular weight is 240 g/mol. The van der Waals surface area contributed by atoms with Crippen molar-refractivity contribution in [3.05, 3.63) is 23.2 Å². The topological polar surface area (TPSA) is 58.4 Å². The van der Waals surface area contributed by atoms with Gasteiger partial charge in [-0.2, -0.15) is 0 Å². The Bertz CT molecular complexity index is 408. The lowest BCUT2D eigenvalue weighted by molar-refractivity contribution is -0.119. The van der Waals surface area contributed by atoms with E-state index in [9.17, 15) is 4.79 Å². The van der Waals surface area contributed by atoms with Crippen LogP contribution >= 0.6 is 11.6 Å². The smallest absolute Gasteiger partial charge is 0.239 e. The molecule has 1 aromatic rings. The number of nitrogens with two attached hydrogens (primary N) is 1. The molecular formula is C11H14ClN3O. The number of rotatable bonds is 1. The first kappa shape index (κ1) is 11.1. The third-order valence-corrected chi connectivity index (χ3v) is 2.83. The minimum atomic E-state index is 0.0249. The second kappa shape index (κ2) is 4.61. The second-order valence-corrected chi connectivity index (χ2v) is 4.26. The fourth-order valence-electron chi connectivity index (χ4n) is 1.80. The molecule has 5 heteroatoms. The van der Waals surface area contributed by atoms with Crippen LogP contribution in [0.1, 0.15) is 6.42 Å². The molecular weight excluding hydrogens is 226 g/mol. The number of nitrogens with one attached hydrogen (secondary N) is 1. The first-order chi connectivity index (χ1) is 7.66. The molecule has 0 aromatic heterocycles. The molecule has 0 saturated carbocycles. The van der Waals surface area contributed by atoms with Gasteiger partial charge in [-0.3, -0.25) is 4.79 Å². The van der Waals surface area contributed by atoms with Gasteiger partial charge < -0.3 is 16.0 Å². The predicted octanol–water partition coefficient (Wildman–Crippen LogP) is 1.25. The van der Waals surface area contributed by atoms with Crippen molar-refractivity contribution in [3.63, 3.8) is 0 Å². The van der Waals surface area contributed by atoms with Crippen LogP contribution in [-0.2, 0) is 4.79 Å². The van der Waals surface area contributed by atoms with Crippen molar-refractivity contribution in [2.24, 2.45) is 0 Å². The molecule has 16 heavy (non-hydrogen) atoms. The maximum absolute atomic E-state index is 11.4. The molecule has 4 nitrogen and oxygen atoms in total. The number of carbonyl (C=O) groups excluding carboxylic acids is 1. The van der Waals surface area contributed by atoms with E-state index in [1.807, 2.05) is 4.90 Å². The number of carbonyl (C=O) groups is 1. The van der Waals surface area contributed by atoms with Crippen molar-refractivity contribution in [1.29, 1.82) is 0 Å². The molecule has 1 aliphatic heterocycles. The fraction of sp³-hybridized carbons (Fsp3) is 0.364. The molecule has 0 radical (unpaired) electrons. The van der Waals surface area contributed by atoms with Crippen LogP contribution in [0.3, 0.4) is 0 Å². The number of hydrogen-bond donors (Lipinski definition) is 2. The molecule has 0 atom stereocenters. The monoisotopic (exact) mass is 239 g/mol. The van der Waals surface area contributed by atoms with Gasteiger partial charge in [-0.05, 0) is 24.6 Å². The summed E-state index contributed by atoms with van der Waals surface area (Å²) in [5, 5.41) is 3.46. The number of halogens is 1. The van der Waals surface area contributed by atoms with Gasteiger partial charge in [0.1, 0.15) is 0 Å². The van der Waals surface area contributed by atoms with Crippen molar-refractivity contribution in [2.75, 3.05) is 30.3 Å². The van der Waals surface area contributed by atoms with E-state index in [2.05, 4.69) is 5.32 Å². The molecule has 1 amide bonds. The molecule has 1 fully saturated rings. The lowest BCUT2D eigenvalue weighted by Gasteiger charge is -2.23. The van der Waals surface area contributed by atoms with Crippen LogP contribution in [0.2, 0.25) is 5.02 Å². The number of nitrogen functional groups attached to an aromatic ring is 1. The maximum Gasteiger partial charge on any atom is 0.239 e. The lowest BCUT2D eigenvalue weighted by Crippen LogP contribution is -2.33. The van der Waals surface area contributed by atoms with E-state index in [0.717, 1.165) is 25.2 Å². The summed E-state index contributed by atoms with van der Waals surface area (Å²) in [6, 6.07) is 5.31. The van der Waals surface area contributed by atoms with Crippen LogP contribution in [0.5, 0.6) is 0 Å². The Hall–Kier alpha value is -1.42. The third kappa shape index (κ3) is 2.39. The Kier molecular flexibility index (Phi) is 3.19. The molecule has 86 valence electrons. The van der Waals surface area contributed by atoms with Gasteiger partial charge in [0.15, 0.2) is 0 Å². The Balaban J connectivity index is 2.27.